The molecule has 0 aliphatic heterocycles. The SMILES string of the molecule is C=CCNc1nc(NCCOCCC)nc2c1CC([N+](=O)[O-])([N+](=O)[O-])C=C2. The van der Waals surface area contributed by atoms with Crippen molar-refractivity contribution in [1.29, 1.82) is 0 Å². The number of anilines is 2. The van der Waals surface area contributed by atoms with E-state index in [1.54, 1.807) is 6.08 Å². The standard InChI is InChI=1S/C16H22N6O5/c1-3-7-17-14-12-11-16(21(23)24,22(25)26)6-5-13(12)19-15(20-14)18-8-10-27-9-4-2/h3,5-6H,1,4,7-11H2,2H3,(H2,17,18,19,20). The number of nitro groups is 2. The topological polar surface area (TPSA) is 145 Å². The number of hydrogen-bond donors (Lipinski definition) is 2. The number of fused-ring (bicyclic) bond motifs is 1. The molecule has 0 unspecified atom stereocenters. The molecule has 0 spiro atoms. The van der Waals surface area contributed by atoms with Crippen LogP contribution in [-0.4, -0.2) is 51.8 Å². The van der Waals surface area contributed by atoms with Crippen molar-refractivity contribution in [3.05, 3.63) is 50.2 Å². The molecule has 1 aromatic rings. The lowest BCUT2D eigenvalue weighted by Gasteiger charge is -2.21. The first kappa shape index (κ1) is 20.2. The van der Waals surface area contributed by atoms with Gasteiger partial charge in [-0.25, -0.2) is 4.98 Å². The molecule has 11 heteroatoms. The van der Waals surface area contributed by atoms with Crippen LogP contribution in [0.5, 0.6) is 0 Å². The number of rotatable bonds is 11. The molecule has 0 amide bonds. The summed E-state index contributed by atoms with van der Waals surface area (Å²) in [5.74, 6) is 0.606. The molecule has 0 fully saturated rings. The first-order valence-corrected chi connectivity index (χ1v) is 8.50. The normalized spacial score (nSPS) is 14.3. The van der Waals surface area contributed by atoms with Gasteiger partial charge in [-0.1, -0.05) is 13.0 Å². The van der Waals surface area contributed by atoms with Crippen LogP contribution in [0.2, 0.25) is 0 Å². The van der Waals surface area contributed by atoms with Crippen molar-refractivity contribution in [1.82, 2.24) is 9.97 Å². The summed E-state index contributed by atoms with van der Waals surface area (Å²) >= 11 is 0. The molecule has 0 aromatic carbocycles. The summed E-state index contributed by atoms with van der Waals surface area (Å²) in [5, 5.41) is 28.7. The zero-order chi connectivity index (χ0) is 19.9. The van der Waals surface area contributed by atoms with Gasteiger partial charge in [0.15, 0.2) is 0 Å². The Hall–Kier alpha value is -3.08. The van der Waals surface area contributed by atoms with Gasteiger partial charge in [0.2, 0.25) is 5.95 Å². The van der Waals surface area contributed by atoms with Crippen molar-refractivity contribution in [2.24, 2.45) is 0 Å². The molecule has 1 aromatic heterocycles. The van der Waals surface area contributed by atoms with Gasteiger partial charge in [0.1, 0.15) is 22.1 Å². The van der Waals surface area contributed by atoms with E-state index >= 15 is 0 Å². The van der Waals surface area contributed by atoms with Crippen molar-refractivity contribution in [3.63, 3.8) is 0 Å². The summed E-state index contributed by atoms with van der Waals surface area (Å²) in [6.07, 6.45) is 4.33. The van der Waals surface area contributed by atoms with Gasteiger partial charge in [0.25, 0.3) is 0 Å². The Balaban J connectivity index is 2.30. The van der Waals surface area contributed by atoms with Crippen LogP contribution in [0, 0.1) is 20.2 Å². The summed E-state index contributed by atoms with van der Waals surface area (Å²) in [6, 6.07) is 0. The van der Waals surface area contributed by atoms with Gasteiger partial charge in [0, 0.05) is 25.3 Å². The van der Waals surface area contributed by atoms with Crippen LogP contribution >= 0.6 is 0 Å². The lowest BCUT2D eigenvalue weighted by atomic mass is 9.93. The third-order valence-electron chi connectivity index (χ3n) is 3.91. The molecule has 0 saturated carbocycles. The predicted octanol–water partition coefficient (Wildman–Crippen LogP) is 1.73. The molecule has 0 saturated heterocycles. The van der Waals surface area contributed by atoms with Crippen molar-refractivity contribution < 1.29 is 14.6 Å². The van der Waals surface area contributed by atoms with Gasteiger partial charge in [-0.2, -0.15) is 4.98 Å². The Morgan fingerprint density at radius 1 is 1.30 bits per heavy atom. The Labute approximate surface area is 155 Å². The van der Waals surface area contributed by atoms with Crippen LogP contribution in [0.1, 0.15) is 24.6 Å². The van der Waals surface area contributed by atoms with E-state index in [0.29, 0.717) is 49.3 Å². The molecule has 2 rings (SSSR count). The fourth-order valence-electron chi connectivity index (χ4n) is 2.54. The van der Waals surface area contributed by atoms with Crippen LogP contribution < -0.4 is 10.6 Å². The van der Waals surface area contributed by atoms with E-state index in [1.165, 1.54) is 6.08 Å². The molecule has 27 heavy (non-hydrogen) atoms. The lowest BCUT2D eigenvalue weighted by Crippen LogP contribution is -2.48. The molecule has 146 valence electrons. The highest BCUT2D eigenvalue weighted by atomic mass is 16.7. The maximum Gasteiger partial charge on any atom is 0.482 e. The fraction of sp³-hybridized carbons (Fsp3) is 0.500. The van der Waals surface area contributed by atoms with E-state index < -0.39 is 21.9 Å². The van der Waals surface area contributed by atoms with Crippen LogP contribution in [0.25, 0.3) is 6.08 Å². The number of ether oxygens (including phenoxy) is 1. The Morgan fingerprint density at radius 3 is 2.67 bits per heavy atom. The third kappa shape index (κ3) is 4.56. The second kappa shape index (κ2) is 9.03. The second-order valence-electron chi connectivity index (χ2n) is 5.87. The Bertz CT molecular complexity index is 737. The van der Waals surface area contributed by atoms with Crippen LogP contribution in [0.3, 0.4) is 0 Å². The first-order valence-electron chi connectivity index (χ1n) is 8.50. The monoisotopic (exact) mass is 378 g/mol. The minimum atomic E-state index is -2.43. The summed E-state index contributed by atoms with van der Waals surface area (Å²) in [5.41, 5.74) is -1.71. The van der Waals surface area contributed by atoms with E-state index in [0.717, 1.165) is 12.5 Å². The molecule has 0 radical (unpaired) electrons. The van der Waals surface area contributed by atoms with Crippen LogP contribution in [0.15, 0.2) is 18.7 Å². The number of nitrogens with one attached hydrogen (secondary N) is 2. The van der Waals surface area contributed by atoms with E-state index in [-0.39, 0.29) is 0 Å². The zero-order valence-corrected chi connectivity index (χ0v) is 15.0. The van der Waals surface area contributed by atoms with Gasteiger partial charge in [-0.15, -0.1) is 6.58 Å². The maximum absolute atomic E-state index is 11.4. The molecule has 1 heterocycles. The number of aromatic nitrogens is 2. The van der Waals surface area contributed by atoms with Gasteiger partial charge < -0.3 is 15.4 Å². The number of nitrogens with zero attached hydrogens (tertiary/aromatic N) is 4. The third-order valence-corrected chi connectivity index (χ3v) is 3.91. The Morgan fingerprint density at radius 2 is 2.04 bits per heavy atom. The molecule has 2 N–H and O–H groups in total. The highest BCUT2D eigenvalue weighted by Gasteiger charge is 2.56. The van der Waals surface area contributed by atoms with E-state index in [1.807, 2.05) is 6.92 Å². The molecular formula is C16H22N6O5. The fourth-order valence-corrected chi connectivity index (χ4v) is 2.54. The molecule has 0 bridgehead atoms. The average Bonchev–Trinajstić information content (AvgIpc) is 2.65. The first-order chi connectivity index (χ1) is 12.9. The maximum atomic E-state index is 11.4. The van der Waals surface area contributed by atoms with E-state index in [4.69, 9.17) is 4.74 Å². The smallest absolute Gasteiger partial charge is 0.380 e. The quantitative estimate of drug-likeness (QED) is 0.193. The summed E-state index contributed by atoms with van der Waals surface area (Å²) in [4.78, 5) is 29.5. The molecule has 11 nitrogen and oxygen atoms in total. The van der Waals surface area contributed by atoms with Crippen molar-refractivity contribution in [2.75, 3.05) is 36.9 Å². The Kier molecular flexibility index (Phi) is 6.77. The lowest BCUT2D eigenvalue weighted by molar-refractivity contribution is -0.780. The summed E-state index contributed by atoms with van der Waals surface area (Å²) in [7, 11) is 0. The summed E-state index contributed by atoms with van der Waals surface area (Å²) < 4.78 is 5.38. The highest BCUT2D eigenvalue weighted by molar-refractivity contribution is 5.64. The van der Waals surface area contributed by atoms with Crippen molar-refractivity contribution >= 4 is 17.8 Å². The van der Waals surface area contributed by atoms with Gasteiger partial charge in [-0.3, -0.25) is 20.2 Å². The average molecular weight is 378 g/mol. The van der Waals surface area contributed by atoms with Crippen molar-refractivity contribution in [2.45, 2.75) is 25.4 Å². The number of hydrogen-bond acceptors (Lipinski definition) is 9. The second-order valence-corrected chi connectivity index (χ2v) is 5.87. The molecular weight excluding hydrogens is 356 g/mol. The largest absolute Gasteiger partial charge is 0.482 e. The van der Waals surface area contributed by atoms with E-state index in [2.05, 4.69) is 27.2 Å². The van der Waals surface area contributed by atoms with Gasteiger partial charge in [-0.05, 0) is 12.5 Å². The summed E-state index contributed by atoms with van der Waals surface area (Å²) in [6.45, 7) is 7.58. The molecule has 1 aliphatic rings. The minimum absolute atomic E-state index is 0.300. The van der Waals surface area contributed by atoms with Gasteiger partial charge in [0.05, 0.1) is 18.4 Å². The minimum Gasteiger partial charge on any atom is -0.380 e. The van der Waals surface area contributed by atoms with E-state index in [9.17, 15) is 20.2 Å². The van der Waals surface area contributed by atoms with Gasteiger partial charge >= 0.3 is 5.66 Å². The van der Waals surface area contributed by atoms with Crippen LogP contribution in [-0.2, 0) is 11.2 Å². The zero-order valence-electron chi connectivity index (χ0n) is 15.0. The highest BCUT2D eigenvalue weighted by Crippen LogP contribution is 2.32. The molecule has 1 aliphatic carbocycles. The van der Waals surface area contributed by atoms with Crippen LogP contribution in [0.4, 0.5) is 11.8 Å². The molecule has 0 atom stereocenters. The predicted molar refractivity (Wildman–Crippen MR) is 99.8 cm³/mol. The van der Waals surface area contributed by atoms with Crippen molar-refractivity contribution in [3.8, 4) is 0 Å².